The van der Waals surface area contributed by atoms with Gasteiger partial charge in [-0.05, 0) is 69.7 Å². The van der Waals surface area contributed by atoms with Crippen LogP contribution in [0.1, 0.15) is 27.2 Å². The SMILES string of the molecule is CN(c1cc(N2CCCN(C(=O)OC(C)(C)C)CC2)ccc1NS(=O)(=O)c1ccccc1)S(=O)(=O)c1ccccc1. The normalized spacial score (nSPS) is 14.7. The Balaban J connectivity index is 1.68. The molecule has 0 aromatic heterocycles. The average Bonchev–Trinajstić information content (AvgIpc) is 3.19. The van der Waals surface area contributed by atoms with Gasteiger partial charge in [-0.2, -0.15) is 0 Å². The number of sulfonamides is 2. The average molecular weight is 601 g/mol. The lowest BCUT2D eigenvalue weighted by atomic mass is 10.2. The second-order valence-electron chi connectivity index (χ2n) is 10.7. The molecule has 1 aliphatic heterocycles. The number of ether oxygens (including phenoxy) is 1. The van der Waals surface area contributed by atoms with Crippen LogP contribution in [-0.2, 0) is 24.8 Å². The highest BCUT2D eigenvalue weighted by molar-refractivity contribution is 7.93. The molecule has 0 unspecified atom stereocenters. The first-order valence-corrected chi connectivity index (χ1v) is 16.2. The number of hydrogen-bond acceptors (Lipinski definition) is 7. The lowest BCUT2D eigenvalue weighted by Gasteiger charge is -2.28. The predicted octanol–water partition coefficient (Wildman–Crippen LogP) is 4.76. The molecular formula is C29H36N4O6S2. The van der Waals surface area contributed by atoms with Crippen molar-refractivity contribution in [3.05, 3.63) is 78.9 Å². The maximum atomic E-state index is 13.6. The van der Waals surface area contributed by atoms with Crippen LogP contribution in [0.25, 0.3) is 0 Å². The second-order valence-corrected chi connectivity index (χ2v) is 14.4. The Hall–Kier alpha value is -3.77. The van der Waals surface area contributed by atoms with Crippen molar-refractivity contribution >= 4 is 43.2 Å². The van der Waals surface area contributed by atoms with Crippen molar-refractivity contribution in [1.29, 1.82) is 0 Å². The Kier molecular flexibility index (Phi) is 8.83. The van der Waals surface area contributed by atoms with Crippen LogP contribution in [0, 0.1) is 0 Å². The summed E-state index contributed by atoms with van der Waals surface area (Å²) < 4.78 is 62.7. The summed E-state index contributed by atoms with van der Waals surface area (Å²) in [4.78, 5) is 16.5. The number of carbonyl (C=O) groups excluding carboxylic acids is 1. The number of rotatable bonds is 7. The third-order valence-electron chi connectivity index (χ3n) is 6.53. The maximum Gasteiger partial charge on any atom is 0.410 e. The first-order chi connectivity index (χ1) is 19.3. The number of hydrogen-bond donors (Lipinski definition) is 1. The molecule has 1 amide bonds. The fourth-order valence-corrected chi connectivity index (χ4v) is 6.75. The van der Waals surface area contributed by atoms with Gasteiger partial charge in [0.05, 0.1) is 21.2 Å². The highest BCUT2D eigenvalue weighted by Gasteiger charge is 2.28. The number of carbonyl (C=O) groups is 1. The van der Waals surface area contributed by atoms with Crippen molar-refractivity contribution in [1.82, 2.24) is 4.90 Å². The minimum absolute atomic E-state index is 0.0540. The molecule has 220 valence electrons. The molecule has 10 nitrogen and oxygen atoms in total. The summed E-state index contributed by atoms with van der Waals surface area (Å²) in [6, 6.07) is 20.8. The van der Waals surface area contributed by atoms with Gasteiger partial charge in [-0.1, -0.05) is 36.4 Å². The fourth-order valence-electron chi connectivity index (χ4n) is 4.43. The van der Waals surface area contributed by atoms with Gasteiger partial charge in [0.15, 0.2) is 0 Å². The number of nitrogens with zero attached hydrogens (tertiary/aromatic N) is 3. The Bertz CT molecular complexity index is 1570. The standard InChI is InChI=1S/C29H36N4O6S2/c1-29(2,3)39-28(34)33-19-11-18-32(20-21-33)23-16-17-26(30-40(35,36)24-12-7-5-8-13-24)27(22-23)31(4)41(37,38)25-14-9-6-10-15-25/h5-10,12-17,22,30H,11,18-21H2,1-4H3. The third-order valence-corrected chi connectivity index (χ3v) is 9.70. The molecule has 0 atom stereocenters. The van der Waals surface area contributed by atoms with Gasteiger partial charge in [0.2, 0.25) is 0 Å². The summed E-state index contributed by atoms with van der Waals surface area (Å²) in [6.07, 6.45) is 0.300. The Morgan fingerprint density at radius 2 is 1.44 bits per heavy atom. The number of benzene rings is 3. The van der Waals surface area contributed by atoms with Crippen LogP contribution < -0.4 is 13.9 Å². The van der Waals surface area contributed by atoms with Crippen molar-refractivity contribution in [2.45, 2.75) is 42.6 Å². The first-order valence-electron chi connectivity index (χ1n) is 13.3. The Morgan fingerprint density at radius 1 is 0.829 bits per heavy atom. The summed E-state index contributed by atoms with van der Waals surface area (Å²) in [5, 5.41) is 0. The van der Waals surface area contributed by atoms with Gasteiger partial charge < -0.3 is 14.5 Å². The predicted molar refractivity (Wildman–Crippen MR) is 160 cm³/mol. The van der Waals surface area contributed by atoms with E-state index in [9.17, 15) is 21.6 Å². The van der Waals surface area contributed by atoms with E-state index in [-0.39, 0.29) is 27.3 Å². The number of nitrogens with one attached hydrogen (secondary N) is 1. The van der Waals surface area contributed by atoms with Crippen LogP contribution in [0.2, 0.25) is 0 Å². The van der Waals surface area contributed by atoms with Crippen molar-refractivity contribution in [2.75, 3.05) is 47.2 Å². The number of anilines is 3. The number of amides is 1. The molecule has 1 fully saturated rings. The van der Waals surface area contributed by atoms with Crippen LogP contribution in [0.3, 0.4) is 0 Å². The molecule has 41 heavy (non-hydrogen) atoms. The van der Waals surface area contributed by atoms with Crippen LogP contribution in [0.4, 0.5) is 21.9 Å². The zero-order chi connectivity index (χ0) is 29.8. The summed E-state index contributed by atoms with van der Waals surface area (Å²) in [7, 11) is -6.62. The van der Waals surface area contributed by atoms with E-state index in [1.165, 1.54) is 31.3 Å². The van der Waals surface area contributed by atoms with Crippen molar-refractivity contribution in [3.63, 3.8) is 0 Å². The van der Waals surface area contributed by atoms with E-state index in [2.05, 4.69) is 4.72 Å². The topological polar surface area (TPSA) is 116 Å². The van der Waals surface area contributed by atoms with E-state index in [1.54, 1.807) is 59.5 Å². The van der Waals surface area contributed by atoms with Gasteiger partial charge in [0, 0.05) is 38.9 Å². The minimum Gasteiger partial charge on any atom is -0.444 e. The molecule has 0 spiro atoms. The third kappa shape index (κ3) is 7.31. The Morgan fingerprint density at radius 3 is 2.05 bits per heavy atom. The summed E-state index contributed by atoms with van der Waals surface area (Å²) in [6.45, 7) is 7.52. The van der Waals surface area contributed by atoms with Crippen LogP contribution in [0.5, 0.6) is 0 Å². The molecule has 0 aliphatic carbocycles. The molecule has 0 saturated carbocycles. The Labute approximate surface area is 242 Å². The van der Waals surface area contributed by atoms with E-state index in [0.29, 0.717) is 38.3 Å². The van der Waals surface area contributed by atoms with Crippen molar-refractivity contribution in [3.8, 4) is 0 Å². The molecule has 1 saturated heterocycles. The lowest BCUT2D eigenvalue weighted by molar-refractivity contribution is 0.0263. The highest BCUT2D eigenvalue weighted by atomic mass is 32.2. The smallest absolute Gasteiger partial charge is 0.410 e. The van der Waals surface area contributed by atoms with Gasteiger partial charge in [0.1, 0.15) is 5.60 Å². The molecule has 12 heteroatoms. The molecule has 0 bridgehead atoms. The molecule has 1 heterocycles. The molecule has 3 aromatic rings. The molecule has 4 rings (SSSR count). The van der Waals surface area contributed by atoms with Crippen LogP contribution in [0.15, 0.2) is 88.7 Å². The van der Waals surface area contributed by atoms with E-state index in [4.69, 9.17) is 4.74 Å². The molecule has 1 N–H and O–H groups in total. The van der Waals surface area contributed by atoms with Gasteiger partial charge in [-0.25, -0.2) is 21.6 Å². The molecule has 1 aliphatic rings. The van der Waals surface area contributed by atoms with E-state index in [1.807, 2.05) is 25.7 Å². The van der Waals surface area contributed by atoms with Gasteiger partial charge in [-0.3, -0.25) is 9.03 Å². The monoisotopic (exact) mass is 600 g/mol. The lowest BCUT2D eigenvalue weighted by Crippen LogP contribution is -2.39. The van der Waals surface area contributed by atoms with E-state index in [0.717, 1.165) is 4.31 Å². The second kappa shape index (κ2) is 12.0. The zero-order valence-corrected chi connectivity index (χ0v) is 25.3. The summed E-state index contributed by atoms with van der Waals surface area (Å²) >= 11 is 0. The van der Waals surface area contributed by atoms with Crippen molar-refractivity contribution in [2.24, 2.45) is 0 Å². The minimum atomic E-state index is -4.02. The van der Waals surface area contributed by atoms with Crippen LogP contribution >= 0.6 is 0 Å². The van der Waals surface area contributed by atoms with Gasteiger partial charge >= 0.3 is 6.09 Å². The summed E-state index contributed by atoms with van der Waals surface area (Å²) in [5.74, 6) is 0. The van der Waals surface area contributed by atoms with Gasteiger partial charge in [0.25, 0.3) is 20.0 Å². The summed E-state index contributed by atoms with van der Waals surface area (Å²) in [5.41, 5.74) is 0.378. The maximum absolute atomic E-state index is 13.6. The molecule has 3 aromatic carbocycles. The molecule has 0 radical (unpaired) electrons. The zero-order valence-electron chi connectivity index (χ0n) is 23.6. The fraction of sp³-hybridized carbons (Fsp3) is 0.345. The quantitative estimate of drug-likeness (QED) is 0.416. The first kappa shape index (κ1) is 30.2. The van der Waals surface area contributed by atoms with E-state index < -0.39 is 25.6 Å². The highest BCUT2D eigenvalue weighted by Crippen LogP contribution is 2.35. The van der Waals surface area contributed by atoms with Crippen LogP contribution in [-0.4, -0.2) is 66.7 Å². The van der Waals surface area contributed by atoms with Gasteiger partial charge in [-0.15, -0.1) is 0 Å². The van der Waals surface area contributed by atoms with E-state index >= 15 is 0 Å². The molecular weight excluding hydrogens is 564 g/mol. The largest absolute Gasteiger partial charge is 0.444 e. The van der Waals surface area contributed by atoms with Crippen molar-refractivity contribution < 1.29 is 26.4 Å².